The lowest BCUT2D eigenvalue weighted by Gasteiger charge is -2.18. The summed E-state index contributed by atoms with van der Waals surface area (Å²) in [4.78, 5) is 27.5. The lowest BCUT2D eigenvalue weighted by molar-refractivity contribution is -0.128. The number of rotatable bonds is 11. The van der Waals surface area contributed by atoms with E-state index in [2.05, 4.69) is 15.8 Å². The van der Waals surface area contributed by atoms with Crippen molar-refractivity contribution >= 4 is 17.8 Å². The predicted molar refractivity (Wildman–Crippen MR) is 96.2 cm³/mol. The number of hydrogen-bond donors (Lipinski definition) is 7. The van der Waals surface area contributed by atoms with Crippen LogP contribution in [0.15, 0.2) is 29.3 Å². The van der Waals surface area contributed by atoms with Gasteiger partial charge in [0, 0.05) is 25.4 Å². The normalized spacial score (nSPS) is 12.8. The molecule has 0 saturated heterocycles. The van der Waals surface area contributed by atoms with Crippen LogP contribution in [-0.2, 0) is 16.0 Å². The minimum atomic E-state index is -0.895. The van der Waals surface area contributed by atoms with E-state index in [9.17, 15) is 14.7 Å². The van der Waals surface area contributed by atoms with E-state index in [1.807, 2.05) is 0 Å². The Balaban J connectivity index is 2.53. The van der Waals surface area contributed by atoms with Crippen LogP contribution in [0.3, 0.4) is 0 Å². The fraction of sp³-hybridized carbons (Fsp3) is 0.438. The molecule has 0 spiro atoms. The first-order valence-corrected chi connectivity index (χ1v) is 8.13. The number of aliphatic imine (C=N–C) groups is 1. The molecule has 144 valence electrons. The summed E-state index contributed by atoms with van der Waals surface area (Å²) in [6.07, 6.45) is 1.18. The monoisotopic (exact) mass is 366 g/mol. The number of aromatic hydroxyl groups is 1. The van der Waals surface area contributed by atoms with E-state index >= 15 is 0 Å². The van der Waals surface area contributed by atoms with Crippen LogP contribution in [0.1, 0.15) is 24.8 Å². The molecule has 26 heavy (non-hydrogen) atoms. The maximum absolute atomic E-state index is 12.1. The molecule has 10 nitrogen and oxygen atoms in total. The van der Waals surface area contributed by atoms with Crippen molar-refractivity contribution in [2.24, 2.45) is 22.2 Å². The van der Waals surface area contributed by atoms with Gasteiger partial charge in [-0.1, -0.05) is 12.1 Å². The number of guanidine groups is 1. The van der Waals surface area contributed by atoms with Crippen molar-refractivity contribution < 1.29 is 19.9 Å². The largest absolute Gasteiger partial charge is 0.508 e. The first-order chi connectivity index (χ1) is 12.3. The molecule has 1 aromatic carbocycles. The van der Waals surface area contributed by atoms with E-state index in [1.165, 1.54) is 12.1 Å². The van der Waals surface area contributed by atoms with Gasteiger partial charge < -0.3 is 32.8 Å². The van der Waals surface area contributed by atoms with E-state index in [0.29, 0.717) is 19.4 Å². The SMILES string of the molecule is NC(=O)[C@H](Cc1ccc(O)cc1)NC(=O)C[C@@H](CCCN=C(N)N)NO. The molecule has 1 rings (SSSR count). The Kier molecular flexibility index (Phi) is 8.88. The number of amides is 2. The Hall–Kier alpha value is -2.85. The molecular weight excluding hydrogens is 340 g/mol. The Morgan fingerprint density at radius 1 is 1.15 bits per heavy atom. The number of hydroxylamine groups is 1. The third-order valence-electron chi connectivity index (χ3n) is 3.67. The minimum Gasteiger partial charge on any atom is -0.508 e. The highest BCUT2D eigenvalue weighted by atomic mass is 16.5. The Labute approximate surface area is 151 Å². The van der Waals surface area contributed by atoms with Crippen LogP contribution in [0.5, 0.6) is 5.75 Å². The van der Waals surface area contributed by atoms with Crippen LogP contribution in [-0.4, -0.2) is 46.7 Å². The maximum atomic E-state index is 12.1. The molecule has 0 aromatic heterocycles. The number of phenols is 1. The predicted octanol–water partition coefficient (Wildman–Crippen LogP) is -1.30. The van der Waals surface area contributed by atoms with Gasteiger partial charge >= 0.3 is 0 Å². The summed E-state index contributed by atoms with van der Waals surface area (Å²) >= 11 is 0. The first kappa shape index (κ1) is 21.2. The number of primary amides is 1. The molecule has 0 radical (unpaired) electrons. The van der Waals surface area contributed by atoms with Crippen molar-refractivity contribution in [1.29, 1.82) is 0 Å². The average molecular weight is 366 g/mol. The standard InChI is InChI=1S/C16H26N6O4/c17-15(25)13(8-10-3-5-12(23)6-4-10)21-14(24)9-11(22-26)2-1-7-20-16(18)19/h3-6,11,13,22-23,26H,1-2,7-9H2,(H2,17,25)(H,21,24)(H4,18,19,20)/t11-,13+/m1/s1. The zero-order valence-corrected chi connectivity index (χ0v) is 14.4. The third kappa shape index (κ3) is 8.31. The minimum absolute atomic E-state index is 0.0187. The molecule has 1 aromatic rings. The summed E-state index contributed by atoms with van der Waals surface area (Å²) in [5.41, 5.74) is 18.6. The van der Waals surface area contributed by atoms with Crippen molar-refractivity contribution in [3.05, 3.63) is 29.8 Å². The van der Waals surface area contributed by atoms with Gasteiger partial charge in [-0.15, -0.1) is 0 Å². The summed E-state index contributed by atoms with van der Waals surface area (Å²) in [5, 5.41) is 21.0. The van der Waals surface area contributed by atoms with Crippen LogP contribution >= 0.6 is 0 Å². The molecule has 2 atom stereocenters. The Morgan fingerprint density at radius 2 is 1.81 bits per heavy atom. The molecule has 0 bridgehead atoms. The van der Waals surface area contributed by atoms with Gasteiger partial charge in [-0.2, -0.15) is 0 Å². The third-order valence-corrected chi connectivity index (χ3v) is 3.67. The van der Waals surface area contributed by atoms with E-state index in [1.54, 1.807) is 12.1 Å². The Morgan fingerprint density at radius 3 is 2.35 bits per heavy atom. The molecular formula is C16H26N6O4. The smallest absolute Gasteiger partial charge is 0.240 e. The summed E-state index contributed by atoms with van der Waals surface area (Å²) in [5.74, 6) is -1.02. The van der Waals surface area contributed by atoms with Crippen molar-refractivity contribution in [2.75, 3.05) is 6.54 Å². The van der Waals surface area contributed by atoms with Crippen LogP contribution in [0.4, 0.5) is 0 Å². The Bertz CT molecular complexity index is 616. The second-order valence-electron chi connectivity index (χ2n) is 5.87. The van der Waals surface area contributed by atoms with E-state index in [4.69, 9.17) is 22.4 Å². The number of nitrogens with one attached hydrogen (secondary N) is 2. The van der Waals surface area contributed by atoms with Gasteiger partial charge in [0.05, 0.1) is 0 Å². The first-order valence-electron chi connectivity index (χ1n) is 8.13. The molecule has 0 saturated carbocycles. The van der Waals surface area contributed by atoms with Crippen LogP contribution < -0.4 is 28.0 Å². The van der Waals surface area contributed by atoms with Crippen molar-refractivity contribution in [2.45, 2.75) is 37.8 Å². The summed E-state index contributed by atoms with van der Waals surface area (Å²) in [7, 11) is 0. The second-order valence-corrected chi connectivity index (χ2v) is 5.87. The van der Waals surface area contributed by atoms with E-state index in [-0.39, 0.29) is 24.6 Å². The van der Waals surface area contributed by atoms with Gasteiger partial charge in [-0.25, -0.2) is 5.48 Å². The van der Waals surface area contributed by atoms with Crippen molar-refractivity contribution in [3.63, 3.8) is 0 Å². The zero-order valence-electron chi connectivity index (χ0n) is 14.4. The number of carbonyl (C=O) groups is 2. The van der Waals surface area contributed by atoms with Crippen LogP contribution in [0, 0.1) is 0 Å². The van der Waals surface area contributed by atoms with Gasteiger partial charge in [0.15, 0.2) is 5.96 Å². The quantitative estimate of drug-likeness (QED) is 0.109. The summed E-state index contributed by atoms with van der Waals surface area (Å²) in [6.45, 7) is 0.382. The van der Waals surface area contributed by atoms with Crippen molar-refractivity contribution in [3.8, 4) is 5.75 Å². The molecule has 0 fully saturated rings. The molecule has 10 N–H and O–H groups in total. The highest BCUT2D eigenvalue weighted by Crippen LogP contribution is 2.11. The van der Waals surface area contributed by atoms with Crippen LogP contribution in [0.25, 0.3) is 0 Å². The highest BCUT2D eigenvalue weighted by molar-refractivity contribution is 5.87. The van der Waals surface area contributed by atoms with Gasteiger partial charge in [-0.3, -0.25) is 14.6 Å². The lowest BCUT2D eigenvalue weighted by atomic mass is 10.0. The second kappa shape index (κ2) is 10.9. The average Bonchev–Trinajstić information content (AvgIpc) is 2.58. The van der Waals surface area contributed by atoms with Gasteiger partial charge in [0.25, 0.3) is 0 Å². The molecule has 0 unspecified atom stereocenters. The molecule has 0 aliphatic heterocycles. The van der Waals surface area contributed by atoms with Gasteiger partial charge in [0.2, 0.25) is 11.8 Å². The molecule has 0 heterocycles. The molecule has 10 heteroatoms. The summed E-state index contributed by atoms with van der Waals surface area (Å²) in [6, 6.07) is 4.84. The van der Waals surface area contributed by atoms with E-state index < -0.39 is 23.9 Å². The van der Waals surface area contributed by atoms with Crippen molar-refractivity contribution in [1.82, 2.24) is 10.8 Å². The number of benzene rings is 1. The molecule has 0 aliphatic rings. The fourth-order valence-electron chi connectivity index (χ4n) is 2.33. The summed E-state index contributed by atoms with van der Waals surface area (Å²) < 4.78 is 0. The lowest BCUT2D eigenvalue weighted by Crippen LogP contribution is -2.47. The highest BCUT2D eigenvalue weighted by Gasteiger charge is 2.21. The maximum Gasteiger partial charge on any atom is 0.240 e. The number of nitrogens with zero attached hydrogens (tertiary/aromatic N) is 1. The topological polar surface area (TPSA) is 189 Å². The number of phenolic OH excluding ortho intramolecular Hbond substituents is 1. The molecule has 0 aliphatic carbocycles. The zero-order chi connectivity index (χ0) is 19.5. The fourth-order valence-corrected chi connectivity index (χ4v) is 2.33. The number of nitrogens with two attached hydrogens (primary N) is 3. The molecule has 2 amide bonds. The van der Waals surface area contributed by atoms with E-state index in [0.717, 1.165) is 5.56 Å². The van der Waals surface area contributed by atoms with Gasteiger partial charge in [0.1, 0.15) is 11.8 Å². The number of hydrogen-bond acceptors (Lipinski definition) is 6. The van der Waals surface area contributed by atoms with Crippen LogP contribution in [0.2, 0.25) is 0 Å². The van der Waals surface area contributed by atoms with Gasteiger partial charge in [-0.05, 0) is 30.5 Å². The number of carbonyl (C=O) groups excluding carboxylic acids is 2.